The number of aromatic nitrogens is 2. The molecule has 1 aliphatic rings. The summed E-state index contributed by atoms with van der Waals surface area (Å²) in [4.78, 5) is 18.4. The minimum Gasteiger partial charge on any atom is -0.481 e. The maximum atomic E-state index is 10.9. The van der Waals surface area contributed by atoms with Crippen molar-refractivity contribution < 1.29 is 9.90 Å². The van der Waals surface area contributed by atoms with Crippen molar-refractivity contribution >= 4 is 16.9 Å². The van der Waals surface area contributed by atoms with Crippen LogP contribution in [0.5, 0.6) is 0 Å². The number of aliphatic carboxylic acids is 1. The van der Waals surface area contributed by atoms with Crippen molar-refractivity contribution in [2.24, 2.45) is 5.92 Å². The van der Waals surface area contributed by atoms with Gasteiger partial charge in [0.25, 0.3) is 0 Å². The molecule has 1 saturated carbocycles. The molecule has 1 fully saturated rings. The van der Waals surface area contributed by atoms with Gasteiger partial charge in [0.2, 0.25) is 0 Å². The van der Waals surface area contributed by atoms with E-state index in [1.54, 1.807) is 6.20 Å². The molecule has 0 spiro atoms. The molecule has 2 N–H and O–H groups in total. The molecule has 0 amide bonds. The van der Waals surface area contributed by atoms with E-state index in [-0.39, 0.29) is 5.92 Å². The van der Waals surface area contributed by atoms with Crippen LogP contribution in [0.25, 0.3) is 10.9 Å². The standard InChI is InChI=1S/C14H16N2O2/c17-14(18)10-3-1-9(2-4-10)11-8-16-13-5-6-15-7-12(11)13/h5-10,16H,1-4H2,(H,17,18). The molecule has 4 heteroatoms. The van der Waals surface area contributed by atoms with Crippen LogP contribution < -0.4 is 0 Å². The number of carbonyl (C=O) groups is 1. The number of carboxylic acid groups (broad SMARTS) is 1. The quantitative estimate of drug-likeness (QED) is 0.853. The highest BCUT2D eigenvalue weighted by molar-refractivity contribution is 5.82. The van der Waals surface area contributed by atoms with Crippen LogP contribution in [0.3, 0.4) is 0 Å². The highest BCUT2D eigenvalue weighted by Gasteiger charge is 2.27. The van der Waals surface area contributed by atoms with Crippen molar-refractivity contribution in [3.8, 4) is 0 Å². The molecule has 94 valence electrons. The molecule has 3 rings (SSSR count). The van der Waals surface area contributed by atoms with Crippen LogP contribution in [0.1, 0.15) is 37.2 Å². The van der Waals surface area contributed by atoms with Crippen LogP contribution >= 0.6 is 0 Å². The predicted octanol–water partition coefficient (Wildman–Crippen LogP) is 2.92. The Bertz CT molecular complexity index is 568. The average Bonchev–Trinajstić information content (AvgIpc) is 2.82. The van der Waals surface area contributed by atoms with Gasteiger partial charge in [-0.25, -0.2) is 0 Å². The highest BCUT2D eigenvalue weighted by Crippen LogP contribution is 2.38. The molecule has 18 heavy (non-hydrogen) atoms. The highest BCUT2D eigenvalue weighted by atomic mass is 16.4. The first-order chi connectivity index (χ1) is 8.75. The van der Waals surface area contributed by atoms with Gasteiger partial charge in [0.15, 0.2) is 0 Å². The fourth-order valence-electron chi connectivity index (χ4n) is 2.97. The molecule has 0 aromatic carbocycles. The zero-order valence-corrected chi connectivity index (χ0v) is 10.1. The van der Waals surface area contributed by atoms with Gasteiger partial charge in [-0.15, -0.1) is 0 Å². The molecule has 0 radical (unpaired) electrons. The second-order valence-corrected chi connectivity index (χ2v) is 5.05. The molecule has 0 unspecified atom stereocenters. The minimum absolute atomic E-state index is 0.149. The van der Waals surface area contributed by atoms with E-state index in [1.807, 2.05) is 12.3 Å². The van der Waals surface area contributed by atoms with E-state index in [9.17, 15) is 4.79 Å². The number of nitrogens with one attached hydrogen (secondary N) is 1. The summed E-state index contributed by atoms with van der Waals surface area (Å²) in [5, 5.41) is 10.2. The Hall–Kier alpha value is -1.84. The van der Waals surface area contributed by atoms with Gasteiger partial charge in [0.1, 0.15) is 0 Å². The Morgan fingerprint density at radius 2 is 2.11 bits per heavy atom. The third-order valence-corrected chi connectivity index (χ3v) is 4.03. The third-order valence-electron chi connectivity index (χ3n) is 4.03. The van der Waals surface area contributed by atoms with E-state index >= 15 is 0 Å². The lowest BCUT2D eigenvalue weighted by Crippen LogP contribution is -2.20. The largest absolute Gasteiger partial charge is 0.481 e. The zero-order valence-electron chi connectivity index (χ0n) is 10.1. The first-order valence-corrected chi connectivity index (χ1v) is 6.39. The van der Waals surface area contributed by atoms with Crippen molar-refractivity contribution in [1.82, 2.24) is 9.97 Å². The van der Waals surface area contributed by atoms with Crippen LogP contribution in [0.2, 0.25) is 0 Å². The predicted molar refractivity (Wildman–Crippen MR) is 68.4 cm³/mol. The Morgan fingerprint density at radius 1 is 1.33 bits per heavy atom. The van der Waals surface area contributed by atoms with Gasteiger partial charge >= 0.3 is 5.97 Å². The van der Waals surface area contributed by atoms with E-state index in [0.29, 0.717) is 5.92 Å². The van der Waals surface area contributed by atoms with Crippen LogP contribution in [0, 0.1) is 5.92 Å². The van der Waals surface area contributed by atoms with Crippen molar-refractivity contribution in [3.05, 3.63) is 30.2 Å². The molecule has 0 bridgehead atoms. The molecule has 4 nitrogen and oxygen atoms in total. The number of rotatable bonds is 2. The summed E-state index contributed by atoms with van der Waals surface area (Å²) >= 11 is 0. The Balaban J connectivity index is 1.82. The van der Waals surface area contributed by atoms with Gasteiger partial charge in [-0.3, -0.25) is 9.78 Å². The summed E-state index contributed by atoms with van der Waals surface area (Å²) < 4.78 is 0. The maximum Gasteiger partial charge on any atom is 0.306 e. The number of hydrogen-bond acceptors (Lipinski definition) is 2. The molecular formula is C14H16N2O2. The average molecular weight is 244 g/mol. The molecule has 2 aromatic heterocycles. The third kappa shape index (κ3) is 1.88. The first-order valence-electron chi connectivity index (χ1n) is 6.39. The number of nitrogens with zero attached hydrogens (tertiary/aromatic N) is 1. The van der Waals surface area contributed by atoms with Crippen molar-refractivity contribution in [1.29, 1.82) is 0 Å². The van der Waals surface area contributed by atoms with Gasteiger partial charge in [-0.05, 0) is 43.2 Å². The van der Waals surface area contributed by atoms with E-state index in [2.05, 4.69) is 16.2 Å². The maximum absolute atomic E-state index is 10.9. The molecule has 0 saturated heterocycles. The fraction of sp³-hybridized carbons (Fsp3) is 0.429. The van der Waals surface area contributed by atoms with E-state index < -0.39 is 5.97 Å². The fourth-order valence-corrected chi connectivity index (χ4v) is 2.97. The van der Waals surface area contributed by atoms with Crippen molar-refractivity contribution in [2.75, 3.05) is 0 Å². The van der Waals surface area contributed by atoms with Gasteiger partial charge < -0.3 is 10.1 Å². The van der Waals surface area contributed by atoms with Gasteiger partial charge in [-0.2, -0.15) is 0 Å². The van der Waals surface area contributed by atoms with E-state index in [1.165, 1.54) is 10.9 Å². The Morgan fingerprint density at radius 3 is 2.83 bits per heavy atom. The van der Waals surface area contributed by atoms with Crippen molar-refractivity contribution in [3.63, 3.8) is 0 Å². The topological polar surface area (TPSA) is 66.0 Å². The Kier molecular flexibility index (Phi) is 2.78. The smallest absolute Gasteiger partial charge is 0.306 e. The first kappa shape index (κ1) is 11.3. The minimum atomic E-state index is -0.644. The summed E-state index contributed by atoms with van der Waals surface area (Å²) in [6.45, 7) is 0. The number of H-pyrrole nitrogens is 1. The lowest BCUT2D eigenvalue weighted by atomic mass is 9.79. The molecule has 1 aliphatic carbocycles. The normalized spacial score (nSPS) is 24.2. The lowest BCUT2D eigenvalue weighted by Gasteiger charge is -2.25. The summed E-state index contributed by atoms with van der Waals surface area (Å²) in [6.07, 6.45) is 9.21. The molecular weight excluding hydrogens is 228 g/mol. The van der Waals surface area contributed by atoms with Crippen LogP contribution in [0.15, 0.2) is 24.7 Å². The molecule has 0 aliphatic heterocycles. The molecule has 2 heterocycles. The van der Waals surface area contributed by atoms with Crippen LogP contribution in [-0.2, 0) is 4.79 Å². The number of pyridine rings is 1. The van der Waals surface area contributed by atoms with Gasteiger partial charge in [0.05, 0.1) is 5.92 Å². The number of aromatic amines is 1. The zero-order chi connectivity index (χ0) is 12.5. The summed E-state index contributed by atoms with van der Waals surface area (Å²) in [5.41, 5.74) is 2.40. The lowest BCUT2D eigenvalue weighted by molar-refractivity contribution is -0.142. The summed E-state index contributed by atoms with van der Waals surface area (Å²) in [5.74, 6) is -0.322. The van der Waals surface area contributed by atoms with Crippen molar-refractivity contribution in [2.45, 2.75) is 31.6 Å². The van der Waals surface area contributed by atoms with E-state index in [4.69, 9.17) is 5.11 Å². The van der Waals surface area contributed by atoms with Gasteiger partial charge in [-0.1, -0.05) is 0 Å². The number of fused-ring (bicyclic) bond motifs is 1. The van der Waals surface area contributed by atoms with Gasteiger partial charge in [0, 0.05) is 29.5 Å². The number of hydrogen-bond donors (Lipinski definition) is 2. The second kappa shape index (κ2) is 4.44. The summed E-state index contributed by atoms with van der Waals surface area (Å²) in [7, 11) is 0. The molecule has 0 atom stereocenters. The Labute approximate surface area is 105 Å². The number of carboxylic acids is 1. The SMILES string of the molecule is O=C(O)C1CCC(c2c[nH]c3ccncc23)CC1. The van der Waals surface area contributed by atoms with Crippen LogP contribution in [0.4, 0.5) is 0 Å². The summed E-state index contributed by atoms with van der Waals surface area (Å²) in [6, 6.07) is 1.97. The van der Waals surface area contributed by atoms with Crippen LogP contribution in [-0.4, -0.2) is 21.0 Å². The monoisotopic (exact) mass is 244 g/mol. The second-order valence-electron chi connectivity index (χ2n) is 5.05. The van der Waals surface area contributed by atoms with E-state index in [0.717, 1.165) is 31.2 Å². The molecule has 2 aromatic rings.